The first-order valence-electron chi connectivity index (χ1n) is 10.8. The quantitative estimate of drug-likeness (QED) is 0.612. The average molecular weight is 449 g/mol. The standard InChI is InChI=1S/C26H28N2O3S/c1-19-10-12-23(13-11-19)32(30,31)28-15-14-22-8-3-4-9-24(22)25(28)17-26(29)27-18-21-7-5-6-20(2)16-21/h3-13,16,25H,14-15,17-18H2,1-2H3,(H,27,29)/t25-/m1/s1. The van der Waals surface area contributed by atoms with Crippen LogP contribution in [0.4, 0.5) is 0 Å². The van der Waals surface area contributed by atoms with Crippen molar-refractivity contribution in [1.29, 1.82) is 0 Å². The van der Waals surface area contributed by atoms with Crippen molar-refractivity contribution in [1.82, 2.24) is 9.62 Å². The molecule has 1 atom stereocenters. The van der Waals surface area contributed by atoms with Gasteiger partial charge < -0.3 is 5.32 Å². The average Bonchev–Trinajstić information content (AvgIpc) is 2.78. The van der Waals surface area contributed by atoms with E-state index in [1.165, 1.54) is 4.31 Å². The predicted octanol–water partition coefficient (Wildman–Crippen LogP) is 4.30. The molecule has 1 amide bonds. The zero-order valence-corrected chi connectivity index (χ0v) is 19.2. The van der Waals surface area contributed by atoms with Crippen LogP contribution in [0.2, 0.25) is 0 Å². The summed E-state index contributed by atoms with van der Waals surface area (Å²) in [5.41, 5.74) is 5.15. The van der Waals surface area contributed by atoms with E-state index in [2.05, 4.69) is 5.32 Å². The van der Waals surface area contributed by atoms with Crippen LogP contribution in [0.15, 0.2) is 77.7 Å². The SMILES string of the molecule is Cc1ccc(S(=O)(=O)N2CCc3ccccc3[C@H]2CC(=O)NCc2cccc(C)c2)cc1. The minimum absolute atomic E-state index is 0.0773. The number of aryl methyl sites for hydroxylation is 2. The van der Waals surface area contributed by atoms with E-state index in [-0.39, 0.29) is 17.2 Å². The summed E-state index contributed by atoms with van der Waals surface area (Å²) in [5, 5.41) is 2.96. The first-order valence-corrected chi connectivity index (χ1v) is 12.3. The van der Waals surface area contributed by atoms with Gasteiger partial charge >= 0.3 is 0 Å². The zero-order valence-electron chi connectivity index (χ0n) is 18.4. The van der Waals surface area contributed by atoms with Crippen LogP contribution in [0.5, 0.6) is 0 Å². The number of benzene rings is 3. The molecule has 32 heavy (non-hydrogen) atoms. The highest BCUT2D eigenvalue weighted by molar-refractivity contribution is 7.89. The number of carbonyl (C=O) groups is 1. The molecular weight excluding hydrogens is 420 g/mol. The van der Waals surface area contributed by atoms with Gasteiger partial charge in [-0.25, -0.2) is 8.42 Å². The zero-order chi connectivity index (χ0) is 22.7. The van der Waals surface area contributed by atoms with Crippen LogP contribution in [-0.4, -0.2) is 25.2 Å². The van der Waals surface area contributed by atoms with Gasteiger partial charge in [-0.3, -0.25) is 4.79 Å². The molecule has 0 unspecified atom stereocenters. The van der Waals surface area contributed by atoms with E-state index < -0.39 is 16.1 Å². The largest absolute Gasteiger partial charge is 0.352 e. The first-order chi connectivity index (χ1) is 15.3. The summed E-state index contributed by atoms with van der Waals surface area (Å²) in [6, 6.07) is 22.1. The molecule has 0 aromatic heterocycles. The highest BCUT2D eigenvalue weighted by Crippen LogP contribution is 2.36. The second-order valence-corrected chi connectivity index (χ2v) is 10.3. The molecule has 0 spiro atoms. The number of rotatable bonds is 6. The van der Waals surface area contributed by atoms with Crippen LogP contribution in [0, 0.1) is 13.8 Å². The Hall–Kier alpha value is -2.96. The monoisotopic (exact) mass is 448 g/mol. The van der Waals surface area contributed by atoms with E-state index >= 15 is 0 Å². The third-order valence-corrected chi connectivity index (χ3v) is 7.86. The number of amides is 1. The second-order valence-electron chi connectivity index (χ2n) is 8.36. The molecule has 0 saturated heterocycles. The highest BCUT2D eigenvalue weighted by Gasteiger charge is 2.37. The number of hydrogen-bond donors (Lipinski definition) is 1. The molecule has 0 radical (unpaired) electrons. The molecule has 3 aromatic carbocycles. The van der Waals surface area contributed by atoms with E-state index in [0.717, 1.165) is 27.8 Å². The molecular formula is C26H28N2O3S. The highest BCUT2D eigenvalue weighted by atomic mass is 32.2. The molecule has 5 nitrogen and oxygen atoms in total. The summed E-state index contributed by atoms with van der Waals surface area (Å²) in [7, 11) is -3.74. The fraction of sp³-hybridized carbons (Fsp3) is 0.269. The lowest BCUT2D eigenvalue weighted by Gasteiger charge is -2.36. The summed E-state index contributed by atoms with van der Waals surface area (Å²) >= 11 is 0. The molecule has 0 fully saturated rings. The lowest BCUT2D eigenvalue weighted by molar-refractivity contribution is -0.122. The minimum Gasteiger partial charge on any atom is -0.352 e. The van der Waals surface area contributed by atoms with Crippen LogP contribution < -0.4 is 5.32 Å². The number of nitrogens with one attached hydrogen (secondary N) is 1. The Morgan fingerprint density at radius 3 is 2.47 bits per heavy atom. The van der Waals surface area contributed by atoms with Gasteiger partial charge in [0.2, 0.25) is 15.9 Å². The van der Waals surface area contributed by atoms with Crippen molar-refractivity contribution in [2.45, 2.75) is 44.2 Å². The summed E-state index contributed by atoms with van der Waals surface area (Å²) in [6.45, 7) is 4.70. The molecule has 1 aliphatic heterocycles. The van der Waals surface area contributed by atoms with Gasteiger partial charge in [0.25, 0.3) is 0 Å². The lowest BCUT2D eigenvalue weighted by Crippen LogP contribution is -2.42. The molecule has 6 heteroatoms. The van der Waals surface area contributed by atoms with Crippen LogP contribution in [0.3, 0.4) is 0 Å². The minimum atomic E-state index is -3.74. The predicted molar refractivity (Wildman–Crippen MR) is 126 cm³/mol. The third kappa shape index (κ3) is 4.76. The first kappa shape index (κ1) is 22.2. The van der Waals surface area contributed by atoms with Gasteiger partial charge in [0.15, 0.2) is 0 Å². The van der Waals surface area contributed by atoms with E-state index in [9.17, 15) is 13.2 Å². The third-order valence-electron chi connectivity index (χ3n) is 5.94. The second kappa shape index (κ2) is 9.27. The van der Waals surface area contributed by atoms with Gasteiger partial charge in [0.1, 0.15) is 0 Å². The summed E-state index contributed by atoms with van der Waals surface area (Å²) in [4.78, 5) is 13.2. The Kier molecular flexibility index (Phi) is 6.44. The lowest BCUT2D eigenvalue weighted by atomic mass is 9.92. The van der Waals surface area contributed by atoms with Crippen LogP contribution in [0.25, 0.3) is 0 Å². The topological polar surface area (TPSA) is 66.5 Å². The van der Waals surface area contributed by atoms with Crippen molar-refractivity contribution in [2.75, 3.05) is 6.54 Å². The Balaban J connectivity index is 1.59. The number of nitrogens with zero attached hydrogens (tertiary/aromatic N) is 1. The number of hydrogen-bond acceptors (Lipinski definition) is 3. The Morgan fingerprint density at radius 2 is 1.72 bits per heavy atom. The van der Waals surface area contributed by atoms with E-state index in [0.29, 0.717) is 19.5 Å². The van der Waals surface area contributed by atoms with Crippen molar-refractivity contribution >= 4 is 15.9 Å². The number of carbonyl (C=O) groups excluding carboxylic acids is 1. The Labute approximate surface area is 190 Å². The molecule has 1 N–H and O–H groups in total. The van der Waals surface area contributed by atoms with Gasteiger partial charge in [-0.1, -0.05) is 71.8 Å². The fourth-order valence-corrected chi connectivity index (χ4v) is 5.85. The molecule has 0 bridgehead atoms. The molecule has 166 valence electrons. The molecule has 1 heterocycles. The normalized spacial score (nSPS) is 16.4. The van der Waals surface area contributed by atoms with Gasteiger partial charge in [0, 0.05) is 19.5 Å². The summed E-state index contributed by atoms with van der Waals surface area (Å²) in [6.07, 6.45) is 0.705. The van der Waals surface area contributed by atoms with E-state index in [1.807, 2.05) is 62.4 Å². The molecule has 4 rings (SSSR count). The van der Waals surface area contributed by atoms with Gasteiger partial charge in [-0.2, -0.15) is 4.31 Å². The van der Waals surface area contributed by atoms with E-state index in [1.54, 1.807) is 24.3 Å². The van der Waals surface area contributed by atoms with Crippen molar-refractivity contribution < 1.29 is 13.2 Å². The van der Waals surface area contributed by atoms with Crippen LogP contribution in [0.1, 0.15) is 40.3 Å². The van der Waals surface area contributed by atoms with Crippen LogP contribution in [-0.2, 0) is 27.8 Å². The number of sulfonamides is 1. The van der Waals surface area contributed by atoms with Crippen molar-refractivity contribution in [3.05, 3.63) is 101 Å². The maximum atomic E-state index is 13.5. The molecule has 0 saturated carbocycles. The number of fused-ring (bicyclic) bond motifs is 1. The molecule has 3 aromatic rings. The van der Waals surface area contributed by atoms with Gasteiger partial charge in [0.05, 0.1) is 10.9 Å². The van der Waals surface area contributed by atoms with E-state index in [4.69, 9.17) is 0 Å². The van der Waals surface area contributed by atoms with Crippen molar-refractivity contribution in [3.8, 4) is 0 Å². The molecule has 0 aliphatic carbocycles. The van der Waals surface area contributed by atoms with Gasteiger partial charge in [-0.05, 0) is 49.1 Å². The summed E-state index contributed by atoms with van der Waals surface area (Å²) < 4.78 is 28.5. The Morgan fingerprint density at radius 1 is 0.969 bits per heavy atom. The maximum absolute atomic E-state index is 13.5. The fourth-order valence-electron chi connectivity index (χ4n) is 4.24. The Bertz CT molecular complexity index is 1220. The maximum Gasteiger partial charge on any atom is 0.243 e. The van der Waals surface area contributed by atoms with Crippen LogP contribution >= 0.6 is 0 Å². The van der Waals surface area contributed by atoms with Crippen molar-refractivity contribution in [2.24, 2.45) is 0 Å². The summed E-state index contributed by atoms with van der Waals surface area (Å²) in [5.74, 6) is -0.169. The smallest absolute Gasteiger partial charge is 0.243 e. The molecule has 1 aliphatic rings. The van der Waals surface area contributed by atoms with Gasteiger partial charge in [-0.15, -0.1) is 0 Å². The van der Waals surface area contributed by atoms with Crippen molar-refractivity contribution in [3.63, 3.8) is 0 Å².